The molecule has 1 aliphatic rings. The van der Waals surface area contributed by atoms with Gasteiger partial charge in [0.2, 0.25) is 11.7 Å². The van der Waals surface area contributed by atoms with E-state index in [-0.39, 0.29) is 12.1 Å². The first-order valence-electron chi connectivity index (χ1n) is 9.34. The van der Waals surface area contributed by atoms with Crippen molar-refractivity contribution in [3.05, 3.63) is 65.0 Å². The van der Waals surface area contributed by atoms with Crippen molar-refractivity contribution in [3.8, 4) is 11.4 Å². The summed E-state index contributed by atoms with van der Waals surface area (Å²) in [5.41, 5.74) is 2.72. The van der Waals surface area contributed by atoms with Crippen molar-refractivity contribution in [2.24, 2.45) is 0 Å². The molecule has 6 nitrogen and oxygen atoms in total. The minimum absolute atomic E-state index is 0.193. The molecular weight excluding hydrogens is 376 g/mol. The van der Waals surface area contributed by atoms with Crippen LogP contribution in [-0.4, -0.2) is 27.6 Å². The van der Waals surface area contributed by atoms with E-state index in [1.54, 1.807) is 23.1 Å². The van der Waals surface area contributed by atoms with E-state index < -0.39 is 0 Å². The van der Waals surface area contributed by atoms with Gasteiger partial charge >= 0.3 is 6.03 Å². The molecule has 0 unspecified atom stereocenters. The normalized spacial score (nSPS) is 16.8. The van der Waals surface area contributed by atoms with Gasteiger partial charge in [0.15, 0.2) is 0 Å². The summed E-state index contributed by atoms with van der Waals surface area (Å²) in [6, 6.07) is 14.6. The number of halogens is 1. The Hall–Kier alpha value is -2.86. The maximum Gasteiger partial charge on any atom is 0.322 e. The van der Waals surface area contributed by atoms with Crippen LogP contribution in [0.5, 0.6) is 0 Å². The van der Waals surface area contributed by atoms with Crippen LogP contribution in [0.2, 0.25) is 5.02 Å². The van der Waals surface area contributed by atoms with Crippen LogP contribution in [-0.2, 0) is 0 Å². The number of piperidine rings is 1. The fourth-order valence-corrected chi connectivity index (χ4v) is 3.57. The highest BCUT2D eigenvalue weighted by Gasteiger charge is 2.32. The molecule has 1 atom stereocenters. The molecule has 0 aliphatic carbocycles. The van der Waals surface area contributed by atoms with Gasteiger partial charge < -0.3 is 14.7 Å². The Morgan fingerprint density at radius 3 is 2.82 bits per heavy atom. The number of nitrogens with one attached hydrogen (secondary N) is 1. The molecule has 144 valence electrons. The zero-order valence-electron chi connectivity index (χ0n) is 15.6. The van der Waals surface area contributed by atoms with Crippen molar-refractivity contribution in [3.63, 3.8) is 0 Å². The van der Waals surface area contributed by atoms with Crippen LogP contribution in [0.25, 0.3) is 11.4 Å². The topological polar surface area (TPSA) is 71.3 Å². The number of urea groups is 1. The fraction of sp³-hybridized carbons (Fsp3) is 0.286. The minimum Gasteiger partial charge on any atom is -0.337 e. The van der Waals surface area contributed by atoms with Gasteiger partial charge in [0, 0.05) is 22.8 Å². The van der Waals surface area contributed by atoms with Crippen LogP contribution in [0.3, 0.4) is 0 Å². The third-order valence-corrected chi connectivity index (χ3v) is 5.11. The number of likely N-dealkylation sites (tertiary alicyclic amines) is 1. The summed E-state index contributed by atoms with van der Waals surface area (Å²) in [4.78, 5) is 19.2. The molecular formula is C21H21ClN4O2. The van der Waals surface area contributed by atoms with Gasteiger partial charge in [-0.1, -0.05) is 52.7 Å². The van der Waals surface area contributed by atoms with Crippen molar-refractivity contribution < 1.29 is 9.32 Å². The van der Waals surface area contributed by atoms with E-state index in [0.717, 1.165) is 24.8 Å². The average Bonchev–Trinajstić information content (AvgIpc) is 3.18. The van der Waals surface area contributed by atoms with Gasteiger partial charge in [-0.25, -0.2) is 4.79 Å². The monoisotopic (exact) mass is 396 g/mol. The molecule has 0 saturated carbocycles. The van der Waals surface area contributed by atoms with E-state index in [0.29, 0.717) is 29.0 Å². The van der Waals surface area contributed by atoms with Gasteiger partial charge in [0.1, 0.15) is 6.04 Å². The molecule has 2 heterocycles. The van der Waals surface area contributed by atoms with Gasteiger partial charge in [-0.2, -0.15) is 4.98 Å². The number of carbonyl (C=O) groups is 1. The van der Waals surface area contributed by atoms with Crippen molar-refractivity contribution in [2.45, 2.75) is 32.2 Å². The maximum atomic E-state index is 12.9. The van der Waals surface area contributed by atoms with Gasteiger partial charge in [0.25, 0.3) is 0 Å². The van der Waals surface area contributed by atoms with Crippen LogP contribution in [0.4, 0.5) is 10.5 Å². The Bertz CT molecular complexity index is 971. The second kappa shape index (κ2) is 8.02. The molecule has 3 aromatic rings. The molecule has 0 radical (unpaired) electrons. The predicted molar refractivity (Wildman–Crippen MR) is 108 cm³/mol. The van der Waals surface area contributed by atoms with Crippen molar-refractivity contribution in [1.29, 1.82) is 0 Å². The minimum atomic E-state index is -0.236. The lowest BCUT2D eigenvalue weighted by Gasteiger charge is -2.33. The van der Waals surface area contributed by atoms with Crippen LogP contribution >= 0.6 is 11.6 Å². The average molecular weight is 397 g/mol. The lowest BCUT2D eigenvalue weighted by atomic mass is 10.0. The standard InChI is InChI=1S/C21H21ClN4O2/c1-14-8-10-15(11-9-14)19-24-20(28-25-19)18-7-2-3-12-26(18)21(27)23-17-6-4-5-16(22)13-17/h4-6,8-11,13,18H,2-3,7,12H2,1H3,(H,23,27)/t18-/m0/s1. The number of anilines is 1. The Morgan fingerprint density at radius 2 is 2.04 bits per heavy atom. The highest BCUT2D eigenvalue weighted by molar-refractivity contribution is 6.30. The molecule has 0 bridgehead atoms. The molecule has 0 spiro atoms. The van der Waals surface area contributed by atoms with E-state index in [9.17, 15) is 4.79 Å². The molecule has 1 aromatic heterocycles. The maximum absolute atomic E-state index is 12.9. The first kappa shape index (κ1) is 18.5. The first-order valence-corrected chi connectivity index (χ1v) is 9.72. The van der Waals surface area contributed by atoms with E-state index in [1.807, 2.05) is 37.3 Å². The number of carbonyl (C=O) groups excluding carboxylic acids is 1. The lowest BCUT2D eigenvalue weighted by Crippen LogP contribution is -2.41. The number of rotatable bonds is 3. The lowest BCUT2D eigenvalue weighted by molar-refractivity contribution is 0.142. The van der Waals surface area contributed by atoms with Gasteiger partial charge in [-0.15, -0.1) is 0 Å². The molecule has 1 N–H and O–H groups in total. The summed E-state index contributed by atoms with van der Waals surface area (Å²) in [6.45, 7) is 2.67. The number of amides is 2. The van der Waals surface area contributed by atoms with Crippen LogP contribution in [0.15, 0.2) is 53.1 Å². The number of nitrogens with zero attached hydrogens (tertiary/aromatic N) is 3. The van der Waals surface area contributed by atoms with Gasteiger partial charge in [0.05, 0.1) is 0 Å². The molecule has 2 aromatic carbocycles. The summed E-state index contributed by atoms with van der Waals surface area (Å²) in [5.74, 6) is 1.01. The number of hydrogen-bond acceptors (Lipinski definition) is 4. The van der Waals surface area contributed by atoms with Crippen LogP contribution in [0.1, 0.15) is 36.8 Å². The van der Waals surface area contributed by atoms with Crippen LogP contribution < -0.4 is 5.32 Å². The van der Waals surface area contributed by atoms with Crippen molar-refractivity contribution >= 4 is 23.3 Å². The van der Waals surface area contributed by atoms with E-state index in [2.05, 4.69) is 15.5 Å². The summed E-state index contributed by atoms with van der Waals surface area (Å²) < 4.78 is 5.53. The summed E-state index contributed by atoms with van der Waals surface area (Å²) >= 11 is 6.01. The van der Waals surface area contributed by atoms with E-state index in [1.165, 1.54) is 5.56 Å². The second-order valence-electron chi connectivity index (χ2n) is 6.97. The van der Waals surface area contributed by atoms with Gasteiger partial charge in [-0.3, -0.25) is 0 Å². The SMILES string of the molecule is Cc1ccc(-c2noc([C@@H]3CCCCN3C(=O)Nc3cccc(Cl)c3)n2)cc1. The number of aryl methyl sites for hydroxylation is 1. The fourth-order valence-electron chi connectivity index (χ4n) is 3.38. The Kier molecular flexibility index (Phi) is 5.30. The Balaban J connectivity index is 1.54. The highest BCUT2D eigenvalue weighted by atomic mass is 35.5. The highest BCUT2D eigenvalue weighted by Crippen LogP contribution is 2.32. The number of hydrogen-bond donors (Lipinski definition) is 1. The summed E-state index contributed by atoms with van der Waals surface area (Å²) in [7, 11) is 0. The van der Waals surface area contributed by atoms with Crippen molar-refractivity contribution in [1.82, 2.24) is 15.0 Å². The number of aromatic nitrogens is 2. The molecule has 1 aliphatic heterocycles. The van der Waals surface area contributed by atoms with Gasteiger partial charge in [-0.05, 0) is 44.4 Å². The molecule has 1 fully saturated rings. The molecule has 28 heavy (non-hydrogen) atoms. The Labute approximate surface area is 168 Å². The van der Waals surface area contributed by atoms with Crippen LogP contribution in [0, 0.1) is 6.92 Å². The first-order chi connectivity index (χ1) is 13.6. The van der Waals surface area contributed by atoms with Crippen molar-refractivity contribution in [2.75, 3.05) is 11.9 Å². The van der Waals surface area contributed by atoms with E-state index in [4.69, 9.17) is 16.1 Å². The third kappa shape index (κ3) is 4.02. The Morgan fingerprint density at radius 1 is 1.21 bits per heavy atom. The second-order valence-corrected chi connectivity index (χ2v) is 7.40. The smallest absolute Gasteiger partial charge is 0.322 e. The zero-order chi connectivity index (χ0) is 19.5. The summed E-state index contributed by atoms with van der Waals surface area (Å²) in [5, 5.41) is 7.60. The molecule has 2 amide bonds. The largest absolute Gasteiger partial charge is 0.337 e. The number of benzene rings is 2. The molecule has 7 heteroatoms. The predicted octanol–water partition coefficient (Wildman–Crippen LogP) is 5.46. The quantitative estimate of drug-likeness (QED) is 0.638. The molecule has 4 rings (SSSR count). The third-order valence-electron chi connectivity index (χ3n) is 4.88. The molecule has 1 saturated heterocycles. The summed E-state index contributed by atoms with van der Waals surface area (Å²) in [6.07, 6.45) is 2.74. The zero-order valence-corrected chi connectivity index (χ0v) is 16.3. The van der Waals surface area contributed by atoms with E-state index >= 15 is 0 Å².